The molecule has 2 aliphatic rings. The number of esters is 2. The molecule has 166 valence electrons. The number of imide groups is 2. The lowest BCUT2D eigenvalue weighted by Gasteiger charge is -2.16. The van der Waals surface area contributed by atoms with Crippen LogP contribution in [-0.4, -0.2) is 65.1 Å². The van der Waals surface area contributed by atoms with E-state index in [-0.39, 0.29) is 19.1 Å². The van der Waals surface area contributed by atoms with Gasteiger partial charge in [-0.25, -0.2) is 9.69 Å². The number of carbonyl (C=O) groups excluding carboxylic acids is 6. The number of rotatable bonds is 10. The molecule has 0 aromatic rings. The van der Waals surface area contributed by atoms with Crippen molar-refractivity contribution in [2.75, 3.05) is 19.8 Å². The molecule has 0 aliphatic carbocycles. The molecule has 0 aromatic carbocycles. The molecule has 0 saturated carbocycles. The lowest BCUT2D eigenvalue weighted by atomic mass is 10.1. The first-order valence-electron chi connectivity index (χ1n) is 9.57. The zero-order valence-corrected chi connectivity index (χ0v) is 17.3. The van der Waals surface area contributed by atoms with Gasteiger partial charge in [-0.1, -0.05) is 12.7 Å². The van der Waals surface area contributed by atoms with Crippen LogP contribution in [-0.2, 0) is 38.2 Å². The number of hydrogen-bond acceptors (Lipinski definition) is 8. The fourth-order valence-corrected chi connectivity index (χ4v) is 2.62. The third kappa shape index (κ3) is 6.39. The Balaban J connectivity index is 1.75. The van der Waals surface area contributed by atoms with Crippen molar-refractivity contribution in [1.29, 1.82) is 0 Å². The summed E-state index contributed by atoms with van der Waals surface area (Å²) in [6.07, 6.45) is 5.04. The van der Waals surface area contributed by atoms with Gasteiger partial charge in [0.25, 0.3) is 23.6 Å². The van der Waals surface area contributed by atoms with E-state index in [1.54, 1.807) is 0 Å². The van der Waals surface area contributed by atoms with Crippen LogP contribution in [0.2, 0.25) is 0 Å². The Morgan fingerprint density at radius 1 is 0.938 bits per heavy atom. The van der Waals surface area contributed by atoms with Gasteiger partial charge in [0.2, 0.25) is 0 Å². The molecule has 0 radical (unpaired) electrons. The van der Waals surface area contributed by atoms with E-state index in [9.17, 15) is 28.8 Å². The third-order valence-electron chi connectivity index (χ3n) is 4.40. The molecule has 4 amide bonds. The van der Waals surface area contributed by atoms with Crippen LogP contribution in [0.5, 0.6) is 0 Å². The average molecular weight is 440 g/mol. The molecule has 32 heavy (non-hydrogen) atoms. The van der Waals surface area contributed by atoms with E-state index >= 15 is 0 Å². The lowest BCUT2D eigenvalue weighted by molar-refractivity contribution is -0.152. The third-order valence-corrected chi connectivity index (χ3v) is 4.40. The molecular weight excluding hydrogens is 420 g/mol. The Labute approximate surface area is 183 Å². The highest BCUT2D eigenvalue weighted by atomic mass is 16.5. The van der Waals surface area contributed by atoms with E-state index in [2.05, 4.69) is 23.8 Å². The summed E-state index contributed by atoms with van der Waals surface area (Å²) in [7, 11) is 0. The normalized spacial score (nSPS) is 15.4. The fourth-order valence-electron chi connectivity index (χ4n) is 2.62. The predicted molar refractivity (Wildman–Crippen MR) is 107 cm³/mol. The van der Waals surface area contributed by atoms with Crippen molar-refractivity contribution < 1.29 is 38.2 Å². The van der Waals surface area contributed by atoms with E-state index in [1.807, 2.05) is 6.92 Å². The first kappa shape index (κ1) is 24.1. The first-order chi connectivity index (χ1) is 15.2. The molecule has 0 N–H and O–H groups in total. The highest BCUT2D eigenvalue weighted by Gasteiger charge is 2.32. The van der Waals surface area contributed by atoms with Gasteiger partial charge in [-0.05, 0) is 36.8 Å². The molecule has 0 fully saturated rings. The molecule has 1 atom stereocenters. The molecule has 10 heteroatoms. The maximum atomic E-state index is 12.3. The quantitative estimate of drug-likeness (QED) is 0.206. The number of ether oxygens (including phenoxy) is 2. The molecule has 0 spiro atoms. The van der Waals surface area contributed by atoms with Crippen molar-refractivity contribution in [2.45, 2.75) is 19.8 Å². The first-order valence-corrected chi connectivity index (χ1v) is 9.57. The highest BCUT2D eigenvalue weighted by molar-refractivity contribution is 6.17. The van der Waals surface area contributed by atoms with Gasteiger partial charge in [-0.3, -0.25) is 28.9 Å². The molecule has 2 aliphatic heterocycles. The monoisotopic (exact) mass is 440 g/mol. The van der Waals surface area contributed by atoms with Gasteiger partial charge in [-0.2, -0.15) is 0 Å². The number of hydrogen-bond donors (Lipinski definition) is 0. The zero-order valence-electron chi connectivity index (χ0n) is 17.3. The molecule has 10 nitrogen and oxygen atoms in total. The average Bonchev–Trinajstić information content (AvgIpc) is 3.24. The van der Waals surface area contributed by atoms with Gasteiger partial charge in [0, 0.05) is 24.3 Å². The zero-order chi connectivity index (χ0) is 23.7. The van der Waals surface area contributed by atoms with E-state index in [1.165, 1.54) is 0 Å². The van der Waals surface area contributed by atoms with Crippen molar-refractivity contribution in [3.63, 3.8) is 0 Å². The summed E-state index contributed by atoms with van der Waals surface area (Å²) in [4.78, 5) is 71.9. The second kappa shape index (κ2) is 11.2. The summed E-state index contributed by atoms with van der Waals surface area (Å²) < 4.78 is 10.2. The minimum atomic E-state index is -0.940. The SMILES string of the molecule is C=C=C=C=C(C(=O)OCCC(C)CCOC(=O)CN1C(=O)C=CC1=O)N1C(=O)C=CC1=O. The Bertz CT molecular complexity index is 998. The molecule has 0 bridgehead atoms. The van der Waals surface area contributed by atoms with Gasteiger partial charge < -0.3 is 9.47 Å². The van der Waals surface area contributed by atoms with Gasteiger partial charge >= 0.3 is 11.9 Å². The summed E-state index contributed by atoms with van der Waals surface area (Å²) in [5.74, 6) is -4.21. The van der Waals surface area contributed by atoms with Crippen LogP contribution < -0.4 is 0 Å². The molecule has 0 aromatic heterocycles. The molecule has 0 saturated heterocycles. The van der Waals surface area contributed by atoms with Crippen LogP contribution in [0.25, 0.3) is 0 Å². The van der Waals surface area contributed by atoms with Crippen LogP contribution >= 0.6 is 0 Å². The number of carbonyl (C=O) groups is 6. The van der Waals surface area contributed by atoms with Gasteiger partial charge in [0.15, 0.2) is 5.70 Å². The van der Waals surface area contributed by atoms with Gasteiger partial charge in [-0.15, -0.1) is 0 Å². The summed E-state index contributed by atoms with van der Waals surface area (Å²) in [6.45, 7) is 4.69. The maximum absolute atomic E-state index is 12.3. The number of nitrogens with zero attached hydrogens (tertiary/aromatic N) is 2. The Hall–Kier alpha value is -4.22. The van der Waals surface area contributed by atoms with Crippen molar-refractivity contribution in [3.05, 3.63) is 53.8 Å². The summed E-state index contributed by atoms with van der Waals surface area (Å²) in [5, 5.41) is 0. The van der Waals surface area contributed by atoms with Crippen molar-refractivity contribution in [2.24, 2.45) is 5.92 Å². The van der Waals surface area contributed by atoms with Crippen LogP contribution in [0.15, 0.2) is 53.8 Å². The van der Waals surface area contributed by atoms with Crippen LogP contribution in [0.4, 0.5) is 0 Å². The van der Waals surface area contributed by atoms with Crippen LogP contribution in [0.1, 0.15) is 19.8 Å². The van der Waals surface area contributed by atoms with Crippen molar-refractivity contribution in [1.82, 2.24) is 9.80 Å². The molecule has 2 rings (SSSR count). The summed E-state index contributed by atoms with van der Waals surface area (Å²) >= 11 is 0. The van der Waals surface area contributed by atoms with Gasteiger partial charge in [0.05, 0.1) is 13.2 Å². The lowest BCUT2D eigenvalue weighted by Crippen LogP contribution is -2.36. The van der Waals surface area contributed by atoms with Crippen LogP contribution in [0.3, 0.4) is 0 Å². The Kier molecular flexibility index (Phi) is 8.45. The Morgan fingerprint density at radius 2 is 1.47 bits per heavy atom. The standard InChI is InChI=1S/C22H20N2O8/c1-3-4-5-16(24-19(27)8-9-20(24)28)22(30)32-13-11-15(2)10-12-31-21(29)14-23-17(25)6-7-18(23)26/h6-9,15H,1,10-14H2,2H3. The topological polar surface area (TPSA) is 127 Å². The van der Waals surface area contributed by atoms with Crippen molar-refractivity contribution in [3.8, 4) is 0 Å². The van der Waals surface area contributed by atoms with E-state index in [4.69, 9.17) is 9.47 Å². The summed E-state index contributed by atoms with van der Waals surface area (Å²) in [5.41, 5.74) is 6.45. The smallest absolute Gasteiger partial charge is 0.364 e. The fraction of sp³-hybridized carbons (Fsp3) is 0.318. The molecule has 1 unspecified atom stereocenters. The molecular formula is C22H20N2O8. The second-order valence-electron chi connectivity index (χ2n) is 6.76. The predicted octanol–water partition coefficient (Wildman–Crippen LogP) is 0.318. The van der Waals surface area contributed by atoms with E-state index < -0.39 is 47.8 Å². The van der Waals surface area contributed by atoms with E-state index in [0.717, 1.165) is 29.2 Å². The summed E-state index contributed by atoms with van der Waals surface area (Å²) in [6, 6.07) is 0. The second-order valence-corrected chi connectivity index (χ2v) is 6.76. The minimum absolute atomic E-state index is 0.0138. The minimum Gasteiger partial charge on any atom is -0.464 e. The van der Waals surface area contributed by atoms with E-state index in [0.29, 0.717) is 17.7 Å². The Morgan fingerprint density at radius 3 is 2.03 bits per heavy atom. The molecule has 2 heterocycles. The van der Waals surface area contributed by atoms with Gasteiger partial charge in [0.1, 0.15) is 6.54 Å². The number of amides is 4. The largest absolute Gasteiger partial charge is 0.464 e. The highest BCUT2D eigenvalue weighted by Crippen LogP contribution is 2.14. The van der Waals surface area contributed by atoms with Crippen molar-refractivity contribution >= 4 is 35.6 Å². The maximum Gasteiger partial charge on any atom is 0.364 e. The van der Waals surface area contributed by atoms with Crippen LogP contribution in [0, 0.1) is 5.92 Å².